The van der Waals surface area contributed by atoms with Gasteiger partial charge in [-0.15, -0.1) is 5.10 Å². The lowest BCUT2D eigenvalue weighted by Gasteiger charge is -2.39. The molecule has 5 nitrogen and oxygen atoms in total. The zero-order valence-corrected chi connectivity index (χ0v) is 14.4. The SMILES string of the molecule is O=C1CC2(CCN(c3cccnn3)CC2)CN1Cc1ccc(F)c(F)c1. The number of carbonyl (C=O) groups excluding carboxylic acids is 1. The van der Waals surface area contributed by atoms with Crippen LogP contribution in [0.2, 0.25) is 0 Å². The number of anilines is 1. The first-order chi connectivity index (χ1) is 12.5. The van der Waals surface area contributed by atoms with Gasteiger partial charge >= 0.3 is 0 Å². The predicted molar refractivity (Wildman–Crippen MR) is 92.3 cm³/mol. The van der Waals surface area contributed by atoms with Crippen LogP contribution in [0.3, 0.4) is 0 Å². The van der Waals surface area contributed by atoms with Crippen molar-refractivity contribution in [2.75, 3.05) is 24.5 Å². The Bertz CT molecular complexity index is 806. The molecule has 1 aromatic carbocycles. The van der Waals surface area contributed by atoms with Crippen LogP contribution in [-0.4, -0.2) is 40.6 Å². The Labute approximate surface area is 150 Å². The van der Waals surface area contributed by atoms with Gasteiger partial charge in [0.15, 0.2) is 17.5 Å². The third kappa shape index (κ3) is 3.25. The van der Waals surface area contributed by atoms with E-state index in [9.17, 15) is 13.6 Å². The van der Waals surface area contributed by atoms with Gasteiger partial charge in [-0.2, -0.15) is 5.10 Å². The molecule has 136 valence electrons. The molecule has 0 N–H and O–H groups in total. The maximum Gasteiger partial charge on any atom is 0.223 e. The second-order valence-electron chi connectivity index (χ2n) is 7.24. The molecule has 1 amide bonds. The highest BCUT2D eigenvalue weighted by atomic mass is 19.2. The first-order valence-electron chi connectivity index (χ1n) is 8.79. The molecular weight excluding hydrogens is 338 g/mol. The fraction of sp³-hybridized carbons (Fsp3) is 0.421. The molecule has 2 aliphatic heterocycles. The van der Waals surface area contributed by atoms with Gasteiger partial charge in [0.2, 0.25) is 5.91 Å². The van der Waals surface area contributed by atoms with E-state index in [0.29, 0.717) is 25.1 Å². The summed E-state index contributed by atoms with van der Waals surface area (Å²) in [6, 6.07) is 7.63. The molecule has 0 saturated carbocycles. The van der Waals surface area contributed by atoms with Crippen LogP contribution in [0.1, 0.15) is 24.8 Å². The van der Waals surface area contributed by atoms with E-state index in [-0.39, 0.29) is 11.3 Å². The van der Waals surface area contributed by atoms with Crippen molar-refractivity contribution in [1.82, 2.24) is 15.1 Å². The normalized spacial score (nSPS) is 19.4. The highest BCUT2D eigenvalue weighted by Crippen LogP contribution is 2.42. The van der Waals surface area contributed by atoms with Crippen molar-refractivity contribution in [1.29, 1.82) is 0 Å². The number of amides is 1. The van der Waals surface area contributed by atoms with Crippen LogP contribution in [0.25, 0.3) is 0 Å². The number of hydrogen-bond donors (Lipinski definition) is 0. The predicted octanol–water partition coefficient (Wildman–Crippen LogP) is 2.77. The Balaban J connectivity index is 1.41. The summed E-state index contributed by atoms with van der Waals surface area (Å²) in [6.45, 7) is 2.67. The Kier molecular flexibility index (Phi) is 4.30. The molecule has 7 heteroatoms. The number of halogens is 2. The van der Waals surface area contributed by atoms with E-state index in [0.717, 1.165) is 37.8 Å². The molecule has 26 heavy (non-hydrogen) atoms. The smallest absolute Gasteiger partial charge is 0.223 e. The van der Waals surface area contributed by atoms with E-state index >= 15 is 0 Å². The number of nitrogens with zero attached hydrogens (tertiary/aromatic N) is 4. The van der Waals surface area contributed by atoms with E-state index in [1.165, 1.54) is 12.1 Å². The van der Waals surface area contributed by atoms with Gasteiger partial charge in [-0.05, 0) is 42.7 Å². The van der Waals surface area contributed by atoms with Gasteiger partial charge in [-0.1, -0.05) is 6.07 Å². The van der Waals surface area contributed by atoms with E-state index in [1.54, 1.807) is 11.1 Å². The minimum Gasteiger partial charge on any atom is -0.355 e. The van der Waals surface area contributed by atoms with Crippen LogP contribution in [0, 0.1) is 17.0 Å². The summed E-state index contributed by atoms with van der Waals surface area (Å²) in [5, 5.41) is 8.07. The summed E-state index contributed by atoms with van der Waals surface area (Å²) < 4.78 is 26.5. The monoisotopic (exact) mass is 358 g/mol. The maximum absolute atomic E-state index is 13.4. The van der Waals surface area contributed by atoms with Crippen LogP contribution in [0.5, 0.6) is 0 Å². The topological polar surface area (TPSA) is 49.3 Å². The summed E-state index contributed by atoms with van der Waals surface area (Å²) in [5.74, 6) is -0.788. The molecule has 3 heterocycles. The summed E-state index contributed by atoms with van der Waals surface area (Å²) in [6.07, 6.45) is 3.99. The van der Waals surface area contributed by atoms with Gasteiger partial charge in [-0.3, -0.25) is 4.79 Å². The standard InChI is InChI=1S/C19H20F2N4O/c20-15-4-3-14(10-16(15)21)12-25-13-19(11-18(25)26)5-8-24(9-6-19)17-2-1-7-22-23-17/h1-4,7,10H,5-6,8-9,11-13H2. The molecule has 2 fully saturated rings. The van der Waals surface area contributed by atoms with Crippen molar-refractivity contribution >= 4 is 11.7 Å². The first kappa shape index (κ1) is 16.9. The largest absolute Gasteiger partial charge is 0.355 e. The van der Waals surface area contributed by atoms with E-state index in [1.807, 2.05) is 12.1 Å². The lowest BCUT2D eigenvalue weighted by Crippen LogP contribution is -2.42. The van der Waals surface area contributed by atoms with Crippen LogP contribution in [0.4, 0.5) is 14.6 Å². The average molecular weight is 358 g/mol. The molecule has 0 radical (unpaired) electrons. The second kappa shape index (κ2) is 6.63. The Morgan fingerprint density at radius 1 is 1.12 bits per heavy atom. The van der Waals surface area contributed by atoms with Crippen LogP contribution < -0.4 is 4.90 Å². The molecule has 0 atom stereocenters. The zero-order chi connectivity index (χ0) is 18.1. The van der Waals surface area contributed by atoms with Crippen molar-refractivity contribution in [2.45, 2.75) is 25.8 Å². The van der Waals surface area contributed by atoms with Crippen LogP contribution in [0.15, 0.2) is 36.5 Å². The van der Waals surface area contributed by atoms with Gasteiger partial charge < -0.3 is 9.80 Å². The minimum atomic E-state index is -0.874. The highest BCUT2D eigenvalue weighted by Gasteiger charge is 2.44. The maximum atomic E-state index is 13.4. The van der Waals surface area contributed by atoms with E-state index in [4.69, 9.17) is 0 Å². The van der Waals surface area contributed by atoms with E-state index in [2.05, 4.69) is 15.1 Å². The van der Waals surface area contributed by atoms with Crippen LogP contribution >= 0.6 is 0 Å². The van der Waals surface area contributed by atoms with E-state index < -0.39 is 11.6 Å². The molecule has 0 bridgehead atoms. The molecule has 2 aromatic rings. The average Bonchev–Trinajstić information content (AvgIpc) is 2.94. The molecule has 1 aromatic heterocycles. The highest BCUT2D eigenvalue weighted by molar-refractivity contribution is 5.79. The quantitative estimate of drug-likeness (QED) is 0.847. The molecule has 0 aliphatic carbocycles. The second-order valence-corrected chi connectivity index (χ2v) is 7.24. The molecule has 2 aliphatic rings. The third-order valence-electron chi connectivity index (χ3n) is 5.47. The lowest BCUT2D eigenvalue weighted by molar-refractivity contribution is -0.128. The molecule has 2 saturated heterocycles. The van der Waals surface area contributed by atoms with Crippen molar-refractivity contribution < 1.29 is 13.6 Å². The summed E-state index contributed by atoms with van der Waals surface area (Å²) in [4.78, 5) is 16.4. The zero-order valence-electron chi connectivity index (χ0n) is 14.4. The van der Waals surface area contributed by atoms with Gasteiger partial charge in [0, 0.05) is 44.2 Å². The van der Waals surface area contributed by atoms with Gasteiger partial charge in [0.25, 0.3) is 0 Å². The molecule has 0 unspecified atom stereocenters. The van der Waals surface area contributed by atoms with Gasteiger partial charge in [-0.25, -0.2) is 8.78 Å². The van der Waals surface area contributed by atoms with Gasteiger partial charge in [0.1, 0.15) is 0 Å². The number of benzene rings is 1. The van der Waals surface area contributed by atoms with Crippen LogP contribution in [-0.2, 0) is 11.3 Å². The first-order valence-corrected chi connectivity index (χ1v) is 8.79. The molecular formula is C19H20F2N4O. The minimum absolute atomic E-state index is 0.0334. The number of piperidine rings is 1. The Morgan fingerprint density at radius 3 is 2.62 bits per heavy atom. The third-order valence-corrected chi connectivity index (χ3v) is 5.47. The molecule has 1 spiro atoms. The van der Waals surface area contributed by atoms with Gasteiger partial charge in [0.05, 0.1) is 0 Å². The molecule has 4 rings (SSSR count). The number of likely N-dealkylation sites (tertiary alicyclic amines) is 1. The van der Waals surface area contributed by atoms with Crippen molar-refractivity contribution in [2.24, 2.45) is 5.41 Å². The fourth-order valence-electron chi connectivity index (χ4n) is 3.99. The summed E-state index contributed by atoms with van der Waals surface area (Å²) in [7, 11) is 0. The summed E-state index contributed by atoms with van der Waals surface area (Å²) >= 11 is 0. The number of hydrogen-bond acceptors (Lipinski definition) is 4. The van der Waals surface area contributed by atoms with Crippen molar-refractivity contribution in [3.63, 3.8) is 0 Å². The van der Waals surface area contributed by atoms with Crippen molar-refractivity contribution in [3.8, 4) is 0 Å². The summed E-state index contributed by atoms with van der Waals surface area (Å²) in [5.41, 5.74) is 0.584. The van der Waals surface area contributed by atoms with Crippen molar-refractivity contribution in [3.05, 3.63) is 53.7 Å². The lowest BCUT2D eigenvalue weighted by atomic mass is 9.77. The Morgan fingerprint density at radius 2 is 1.92 bits per heavy atom. The number of rotatable bonds is 3. The Hall–Kier alpha value is -2.57. The number of carbonyl (C=O) groups is 1. The number of aromatic nitrogens is 2. The fourth-order valence-corrected chi connectivity index (χ4v) is 3.99.